The minimum atomic E-state index is 0.446. The average molecular weight is 448 g/mol. The van der Waals surface area contributed by atoms with Crippen molar-refractivity contribution in [2.45, 2.75) is 20.5 Å². The number of nitriles is 1. The summed E-state index contributed by atoms with van der Waals surface area (Å²) < 4.78 is 12.6. The Bertz CT molecular complexity index is 1030. The Morgan fingerprint density at radius 1 is 1.03 bits per heavy atom. The summed E-state index contributed by atoms with van der Waals surface area (Å²) in [7, 11) is 0. The van der Waals surface area contributed by atoms with Gasteiger partial charge in [0, 0.05) is 0 Å². The molecule has 0 aliphatic carbocycles. The van der Waals surface area contributed by atoms with Crippen LogP contribution >= 0.6 is 15.9 Å². The topological polar surface area (TPSA) is 42.2 Å². The zero-order valence-corrected chi connectivity index (χ0v) is 18.1. The van der Waals surface area contributed by atoms with Crippen LogP contribution in [0.15, 0.2) is 71.2 Å². The van der Waals surface area contributed by atoms with E-state index in [9.17, 15) is 5.26 Å². The lowest BCUT2D eigenvalue weighted by Crippen LogP contribution is -2.01. The molecule has 3 nitrogen and oxygen atoms in total. The van der Waals surface area contributed by atoms with E-state index in [1.807, 2.05) is 86.7 Å². The predicted molar refractivity (Wildman–Crippen MR) is 121 cm³/mol. The zero-order chi connectivity index (χ0) is 20.6. The van der Waals surface area contributed by atoms with Gasteiger partial charge in [0.15, 0.2) is 11.5 Å². The Morgan fingerprint density at radius 3 is 2.41 bits per heavy atom. The van der Waals surface area contributed by atoms with Crippen molar-refractivity contribution in [3.05, 3.63) is 93.5 Å². The van der Waals surface area contributed by atoms with Crippen molar-refractivity contribution in [1.29, 1.82) is 5.26 Å². The number of hydrogen-bond acceptors (Lipinski definition) is 3. The summed E-state index contributed by atoms with van der Waals surface area (Å²) in [5, 5.41) is 9.63. The first-order valence-electron chi connectivity index (χ1n) is 9.42. The summed E-state index contributed by atoms with van der Waals surface area (Å²) in [6, 6.07) is 24.0. The number of benzene rings is 3. The maximum atomic E-state index is 9.63. The molecule has 0 saturated carbocycles. The van der Waals surface area contributed by atoms with Crippen molar-refractivity contribution in [3.63, 3.8) is 0 Å². The third kappa shape index (κ3) is 5.49. The summed E-state index contributed by atoms with van der Waals surface area (Å²) in [6.45, 7) is 4.93. The molecule has 0 unspecified atom stereocenters. The Balaban J connectivity index is 1.92. The Kier molecular flexibility index (Phi) is 7.10. The van der Waals surface area contributed by atoms with Gasteiger partial charge in [0.1, 0.15) is 6.61 Å². The van der Waals surface area contributed by atoms with E-state index in [-0.39, 0.29) is 0 Å². The maximum absolute atomic E-state index is 9.63. The van der Waals surface area contributed by atoms with Crippen LogP contribution in [0.1, 0.15) is 29.2 Å². The molecule has 0 aliphatic rings. The second-order valence-corrected chi connectivity index (χ2v) is 7.43. The number of rotatable bonds is 7. The van der Waals surface area contributed by atoms with Crippen molar-refractivity contribution < 1.29 is 9.47 Å². The van der Waals surface area contributed by atoms with Crippen LogP contribution in [0, 0.1) is 18.3 Å². The van der Waals surface area contributed by atoms with E-state index in [1.165, 1.54) is 0 Å². The Labute approximate surface area is 180 Å². The van der Waals surface area contributed by atoms with Crippen molar-refractivity contribution in [3.8, 4) is 17.6 Å². The van der Waals surface area contributed by atoms with E-state index in [0.717, 1.165) is 26.7 Å². The normalized spacial score (nSPS) is 11.0. The van der Waals surface area contributed by atoms with Gasteiger partial charge >= 0.3 is 0 Å². The Hall–Kier alpha value is -3.03. The second-order valence-electron chi connectivity index (χ2n) is 6.57. The fourth-order valence-corrected chi connectivity index (χ4v) is 3.46. The molecule has 4 heteroatoms. The van der Waals surface area contributed by atoms with Crippen molar-refractivity contribution in [2.24, 2.45) is 0 Å². The van der Waals surface area contributed by atoms with Crippen molar-refractivity contribution >= 4 is 27.6 Å². The minimum Gasteiger partial charge on any atom is -0.490 e. The number of ether oxygens (including phenoxy) is 2. The summed E-state index contributed by atoms with van der Waals surface area (Å²) >= 11 is 3.60. The molecule has 0 heterocycles. The molecule has 146 valence electrons. The van der Waals surface area contributed by atoms with Crippen LogP contribution in [0.3, 0.4) is 0 Å². The second kappa shape index (κ2) is 9.95. The molecule has 29 heavy (non-hydrogen) atoms. The van der Waals surface area contributed by atoms with Gasteiger partial charge in [-0.15, -0.1) is 0 Å². The number of halogens is 1. The third-order valence-electron chi connectivity index (χ3n) is 4.35. The lowest BCUT2D eigenvalue weighted by Gasteiger charge is -2.15. The summed E-state index contributed by atoms with van der Waals surface area (Å²) in [5.41, 5.74) is 4.59. The molecule has 0 N–H and O–H groups in total. The van der Waals surface area contributed by atoms with Gasteiger partial charge in [0.25, 0.3) is 0 Å². The van der Waals surface area contributed by atoms with Gasteiger partial charge in [0.2, 0.25) is 0 Å². The molecule has 0 aromatic heterocycles. The highest BCUT2D eigenvalue weighted by atomic mass is 79.9. The van der Waals surface area contributed by atoms with Crippen molar-refractivity contribution in [1.82, 2.24) is 0 Å². The van der Waals surface area contributed by atoms with E-state index >= 15 is 0 Å². The highest BCUT2D eigenvalue weighted by Crippen LogP contribution is 2.38. The van der Waals surface area contributed by atoms with E-state index in [1.54, 1.807) is 0 Å². The highest BCUT2D eigenvalue weighted by Gasteiger charge is 2.13. The van der Waals surface area contributed by atoms with Gasteiger partial charge in [-0.3, -0.25) is 0 Å². The molecule has 0 saturated heterocycles. The molecule has 3 rings (SSSR count). The lowest BCUT2D eigenvalue weighted by atomic mass is 10.0. The zero-order valence-electron chi connectivity index (χ0n) is 16.5. The van der Waals surface area contributed by atoms with Crippen LogP contribution in [-0.2, 0) is 6.61 Å². The first-order valence-corrected chi connectivity index (χ1v) is 10.2. The van der Waals surface area contributed by atoms with Crippen LogP contribution < -0.4 is 9.47 Å². The fourth-order valence-electron chi connectivity index (χ4n) is 2.88. The quantitative estimate of drug-likeness (QED) is 0.295. The summed E-state index contributed by atoms with van der Waals surface area (Å²) in [6.07, 6.45) is 1.86. The van der Waals surface area contributed by atoms with Crippen LogP contribution in [0.5, 0.6) is 11.5 Å². The monoisotopic (exact) mass is 447 g/mol. The first kappa shape index (κ1) is 20.7. The minimum absolute atomic E-state index is 0.446. The molecule has 0 radical (unpaired) electrons. The SMILES string of the molecule is CCOc1cc(/C=C(/C#N)c2ccc(C)cc2)cc(Br)c1OCc1ccccc1. The van der Waals surface area contributed by atoms with Gasteiger partial charge in [-0.2, -0.15) is 5.26 Å². The van der Waals surface area contributed by atoms with Crippen LogP contribution in [0.4, 0.5) is 0 Å². The molecule has 0 amide bonds. The standard InChI is InChI=1S/C25H22BrNO2/c1-3-28-24-15-20(13-22(16-27)21-11-9-18(2)10-12-21)14-23(26)25(24)29-17-19-7-5-4-6-8-19/h4-15H,3,17H2,1-2H3/b22-13-. The third-order valence-corrected chi connectivity index (χ3v) is 4.94. The fraction of sp³-hybridized carbons (Fsp3) is 0.160. The molecular weight excluding hydrogens is 426 g/mol. The van der Waals surface area contributed by atoms with Crippen molar-refractivity contribution in [2.75, 3.05) is 6.61 Å². The highest BCUT2D eigenvalue weighted by molar-refractivity contribution is 9.10. The molecule has 0 aliphatic heterocycles. The molecule has 0 atom stereocenters. The first-order chi connectivity index (χ1) is 14.1. The number of hydrogen-bond donors (Lipinski definition) is 0. The van der Waals surface area contributed by atoms with E-state index in [0.29, 0.717) is 30.3 Å². The van der Waals surface area contributed by atoms with Gasteiger partial charge in [-0.05, 0) is 64.7 Å². The molecule has 0 spiro atoms. The molecular formula is C25H22BrNO2. The molecule has 0 fully saturated rings. The van der Waals surface area contributed by atoms with E-state index in [2.05, 4.69) is 22.0 Å². The Morgan fingerprint density at radius 2 is 1.76 bits per heavy atom. The molecule has 3 aromatic rings. The largest absolute Gasteiger partial charge is 0.490 e. The molecule has 3 aromatic carbocycles. The van der Waals surface area contributed by atoms with Gasteiger partial charge in [0.05, 0.1) is 22.7 Å². The number of aryl methyl sites for hydroxylation is 1. The maximum Gasteiger partial charge on any atom is 0.175 e. The summed E-state index contributed by atoms with van der Waals surface area (Å²) in [5.74, 6) is 1.30. The van der Waals surface area contributed by atoms with Crippen LogP contribution in [0.25, 0.3) is 11.6 Å². The van der Waals surface area contributed by atoms with Crippen LogP contribution in [0.2, 0.25) is 0 Å². The van der Waals surface area contributed by atoms with Gasteiger partial charge in [-0.25, -0.2) is 0 Å². The van der Waals surface area contributed by atoms with Gasteiger partial charge < -0.3 is 9.47 Å². The smallest absolute Gasteiger partial charge is 0.175 e. The predicted octanol–water partition coefficient (Wildman–Crippen LogP) is 6.80. The number of nitrogens with zero attached hydrogens (tertiary/aromatic N) is 1. The lowest BCUT2D eigenvalue weighted by molar-refractivity contribution is 0.267. The van der Waals surface area contributed by atoms with Crippen LogP contribution in [-0.4, -0.2) is 6.61 Å². The molecule has 0 bridgehead atoms. The van der Waals surface area contributed by atoms with E-state index in [4.69, 9.17) is 9.47 Å². The average Bonchev–Trinajstić information content (AvgIpc) is 2.73. The van der Waals surface area contributed by atoms with E-state index < -0.39 is 0 Å². The van der Waals surface area contributed by atoms with Gasteiger partial charge in [-0.1, -0.05) is 60.2 Å². The summed E-state index contributed by atoms with van der Waals surface area (Å²) in [4.78, 5) is 0. The number of allylic oxidation sites excluding steroid dienone is 1.